The number of hydrogen-bond acceptors (Lipinski definition) is 5. The van der Waals surface area contributed by atoms with Gasteiger partial charge in [0, 0.05) is 6.54 Å². The molecule has 0 radical (unpaired) electrons. The number of rotatable bonds is 6. The van der Waals surface area contributed by atoms with Gasteiger partial charge in [-0.25, -0.2) is 4.99 Å². The summed E-state index contributed by atoms with van der Waals surface area (Å²) in [4.78, 5) is 16.5. The Balaban J connectivity index is 3.54. The molecule has 0 unspecified atom stereocenters. The molecular weight excluding hydrogens is 188 g/mol. The first kappa shape index (κ1) is 12.2. The van der Waals surface area contributed by atoms with Crippen LogP contribution in [0, 0.1) is 0 Å². The summed E-state index contributed by atoms with van der Waals surface area (Å²) in [5.74, 6) is -0.212. The molecule has 0 aliphatic heterocycles. The number of hydrogen-bond donors (Lipinski definition) is 0. The maximum Gasteiger partial charge on any atom is 0.320 e. The van der Waals surface area contributed by atoms with Crippen molar-refractivity contribution in [3.8, 4) is 0 Å². The van der Waals surface area contributed by atoms with Gasteiger partial charge in [0.25, 0.3) is 0 Å². The van der Waals surface area contributed by atoms with Crippen LogP contribution >= 0.6 is 12.2 Å². The number of esters is 1. The zero-order chi connectivity index (χ0) is 10.1. The number of carbonyl (C=O) groups is 1. The molecule has 4 nitrogen and oxygen atoms in total. The summed E-state index contributed by atoms with van der Waals surface area (Å²) in [5.41, 5.74) is 0. The van der Waals surface area contributed by atoms with Crippen LogP contribution in [-0.2, 0) is 9.53 Å². The Morgan fingerprint density at radius 1 is 1.69 bits per heavy atom. The zero-order valence-corrected chi connectivity index (χ0v) is 8.76. The average molecular weight is 202 g/mol. The van der Waals surface area contributed by atoms with E-state index < -0.39 is 0 Å². The first-order chi connectivity index (χ1) is 6.20. The molecule has 0 heterocycles. The van der Waals surface area contributed by atoms with Gasteiger partial charge in [-0.1, -0.05) is 0 Å². The van der Waals surface area contributed by atoms with Crippen LogP contribution in [0.5, 0.6) is 0 Å². The SMILES string of the molecule is CCOC(=O)CN(C)CCN=C=S. The third-order valence-corrected chi connectivity index (χ3v) is 1.49. The van der Waals surface area contributed by atoms with Gasteiger partial charge in [-0.05, 0) is 26.2 Å². The van der Waals surface area contributed by atoms with Crippen LogP contribution in [0.1, 0.15) is 6.92 Å². The summed E-state index contributed by atoms with van der Waals surface area (Å²) >= 11 is 4.41. The normalized spacial score (nSPS) is 9.46. The van der Waals surface area contributed by atoms with E-state index in [0.717, 1.165) is 0 Å². The predicted octanol–water partition coefficient (Wildman–Crippen LogP) is 0.584. The lowest BCUT2D eigenvalue weighted by molar-refractivity contribution is -0.144. The van der Waals surface area contributed by atoms with Crippen LogP contribution in [0.15, 0.2) is 4.99 Å². The Bertz CT molecular complexity index is 202. The second-order valence-electron chi connectivity index (χ2n) is 2.52. The molecule has 0 spiro atoms. The second kappa shape index (κ2) is 7.86. The van der Waals surface area contributed by atoms with Crippen LogP contribution in [0.4, 0.5) is 0 Å². The van der Waals surface area contributed by atoms with Crippen LogP contribution in [0.2, 0.25) is 0 Å². The molecule has 13 heavy (non-hydrogen) atoms. The Hall–Kier alpha value is -0.770. The van der Waals surface area contributed by atoms with E-state index in [9.17, 15) is 4.79 Å². The van der Waals surface area contributed by atoms with Gasteiger partial charge >= 0.3 is 5.97 Å². The Morgan fingerprint density at radius 3 is 2.92 bits per heavy atom. The highest BCUT2D eigenvalue weighted by Gasteiger charge is 2.05. The molecule has 0 aliphatic rings. The van der Waals surface area contributed by atoms with E-state index in [-0.39, 0.29) is 5.97 Å². The Morgan fingerprint density at radius 2 is 2.38 bits per heavy atom. The van der Waals surface area contributed by atoms with Gasteiger partial charge in [0.2, 0.25) is 0 Å². The third-order valence-electron chi connectivity index (χ3n) is 1.36. The average Bonchev–Trinajstić information content (AvgIpc) is 2.05. The topological polar surface area (TPSA) is 41.9 Å². The van der Waals surface area contributed by atoms with Crippen molar-refractivity contribution in [3.05, 3.63) is 0 Å². The van der Waals surface area contributed by atoms with Crippen molar-refractivity contribution in [2.45, 2.75) is 6.92 Å². The molecule has 0 aromatic rings. The number of likely N-dealkylation sites (N-methyl/N-ethyl adjacent to an activating group) is 1. The van der Waals surface area contributed by atoms with E-state index in [1.807, 2.05) is 11.9 Å². The lowest BCUT2D eigenvalue weighted by atomic mass is 10.5. The summed E-state index contributed by atoms with van der Waals surface area (Å²) in [6.45, 7) is 3.75. The van der Waals surface area contributed by atoms with Crippen molar-refractivity contribution in [1.29, 1.82) is 0 Å². The minimum Gasteiger partial charge on any atom is -0.465 e. The lowest BCUT2D eigenvalue weighted by Crippen LogP contribution is -2.29. The largest absolute Gasteiger partial charge is 0.465 e. The highest BCUT2D eigenvalue weighted by Crippen LogP contribution is 1.85. The quantitative estimate of drug-likeness (QED) is 0.359. The summed E-state index contributed by atoms with van der Waals surface area (Å²) < 4.78 is 4.77. The van der Waals surface area contributed by atoms with Gasteiger partial charge in [0.05, 0.1) is 24.9 Å². The monoisotopic (exact) mass is 202 g/mol. The van der Waals surface area contributed by atoms with E-state index in [1.165, 1.54) is 0 Å². The molecule has 0 bridgehead atoms. The van der Waals surface area contributed by atoms with E-state index in [0.29, 0.717) is 26.2 Å². The van der Waals surface area contributed by atoms with Crippen molar-refractivity contribution in [2.24, 2.45) is 4.99 Å². The highest BCUT2D eigenvalue weighted by molar-refractivity contribution is 7.78. The van der Waals surface area contributed by atoms with Gasteiger partial charge in [-0.2, -0.15) is 0 Å². The van der Waals surface area contributed by atoms with Crippen molar-refractivity contribution in [3.63, 3.8) is 0 Å². The maximum atomic E-state index is 11.0. The molecule has 0 aromatic carbocycles. The molecule has 0 amide bonds. The van der Waals surface area contributed by atoms with Gasteiger partial charge in [0.15, 0.2) is 0 Å². The number of nitrogens with zero attached hydrogens (tertiary/aromatic N) is 2. The lowest BCUT2D eigenvalue weighted by Gasteiger charge is -2.13. The maximum absolute atomic E-state index is 11.0. The standard InChI is InChI=1S/C8H14N2O2S/c1-3-12-8(11)6-10(2)5-4-9-7-13/h3-6H2,1-2H3. The molecule has 0 atom stereocenters. The fourth-order valence-corrected chi connectivity index (χ4v) is 0.864. The molecule has 74 valence electrons. The van der Waals surface area contributed by atoms with E-state index in [1.54, 1.807) is 6.92 Å². The molecule has 0 N–H and O–H groups in total. The smallest absolute Gasteiger partial charge is 0.320 e. The fraction of sp³-hybridized carbons (Fsp3) is 0.750. The van der Waals surface area contributed by atoms with Gasteiger partial charge in [-0.3, -0.25) is 9.69 Å². The minimum atomic E-state index is -0.212. The minimum absolute atomic E-state index is 0.212. The molecule has 0 rings (SSSR count). The van der Waals surface area contributed by atoms with Crippen LogP contribution < -0.4 is 0 Å². The second-order valence-corrected chi connectivity index (χ2v) is 2.70. The molecule has 0 saturated heterocycles. The van der Waals surface area contributed by atoms with Crippen LogP contribution in [0.3, 0.4) is 0 Å². The van der Waals surface area contributed by atoms with Crippen molar-refractivity contribution < 1.29 is 9.53 Å². The molecule has 0 aliphatic carbocycles. The van der Waals surface area contributed by atoms with Crippen molar-refractivity contribution >= 4 is 23.3 Å². The summed E-state index contributed by atoms with van der Waals surface area (Å²) in [7, 11) is 1.83. The number of aliphatic imine (C=N–C) groups is 1. The Labute approximate surface area is 83.6 Å². The van der Waals surface area contributed by atoms with Gasteiger partial charge in [0.1, 0.15) is 0 Å². The number of thiocarbonyl (C=S) groups is 1. The van der Waals surface area contributed by atoms with Gasteiger partial charge < -0.3 is 4.74 Å². The van der Waals surface area contributed by atoms with Crippen molar-refractivity contribution in [2.75, 3.05) is 33.3 Å². The third kappa shape index (κ3) is 7.59. The zero-order valence-electron chi connectivity index (χ0n) is 7.95. The van der Waals surface area contributed by atoms with E-state index >= 15 is 0 Å². The summed E-state index contributed by atoms with van der Waals surface area (Å²) in [6, 6.07) is 0. The van der Waals surface area contributed by atoms with E-state index in [4.69, 9.17) is 4.74 Å². The Kier molecular flexibility index (Phi) is 7.39. The molecule has 0 fully saturated rings. The number of ether oxygens (including phenoxy) is 1. The molecular formula is C8H14N2O2S. The van der Waals surface area contributed by atoms with E-state index in [2.05, 4.69) is 22.4 Å². The van der Waals surface area contributed by atoms with Crippen LogP contribution in [-0.4, -0.2) is 49.3 Å². The summed E-state index contributed by atoms with van der Waals surface area (Å²) in [6.07, 6.45) is 0. The number of carbonyl (C=O) groups excluding carboxylic acids is 1. The first-order valence-corrected chi connectivity index (χ1v) is 4.49. The fourth-order valence-electron chi connectivity index (χ4n) is 0.772. The first-order valence-electron chi connectivity index (χ1n) is 4.08. The molecule has 0 aromatic heterocycles. The summed E-state index contributed by atoms with van der Waals surface area (Å²) in [5, 5.41) is 2.27. The van der Waals surface area contributed by atoms with Crippen LogP contribution in [0.25, 0.3) is 0 Å². The predicted molar refractivity (Wildman–Crippen MR) is 54.0 cm³/mol. The van der Waals surface area contributed by atoms with Crippen molar-refractivity contribution in [1.82, 2.24) is 4.90 Å². The number of isothiocyanates is 1. The highest BCUT2D eigenvalue weighted by atomic mass is 32.1. The molecule has 0 saturated carbocycles. The molecule has 5 heteroatoms. The van der Waals surface area contributed by atoms with Gasteiger partial charge in [-0.15, -0.1) is 0 Å².